The fourth-order valence-corrected chi connectivity index (χ4v) is 0.470. The van der Waals surface area contributed by atoms with Crippen LogP contribution in [0.1, 0.15) is 6.42 Å². The van der Waals surface area contributed by atoms with E-state index in [0.29, 0.717) is 19.5 Å². The molecule has 0 saturated heterocycles. The molecule has 0 fully saturated rings. The van der Waals surface area contributed by atoms with E-state index in [-0.39, 0.29) is 0 Å². The lowest BCUT2D eigenvalue weighted by Gasteiger charge is -1.93. The van der Waals surface area contributed by atoms with Crippen molar-refractivity contribution < 1.29 is 9.59 Å². The van der Waals surface area contributed by atoms with Crippen molar-refractivity contribution in [2.24, 2.45) is 0 Å². The predicted octanol–water partition coefficient (Wildman–Crippen LogP) is -0.0799. The number of allylic oxidation sites excluding steroid dienone is 1. The second-order valence-electron chi connectivity index (χ2n) is 1.72. The van der Waals surface area contributed by atoms with Crippen molar-refractivity contribution in [3.05, 3.63) is 12.2 Å². The Morgan fingerprint density at radius 2 is 2.10 bits per heavy atom. The molecule has 56 valence electrons. The van der Waals surface area contributed by atoms with Crippen LogP contribution in [0.2, 0.25) is 0 Å². The molecule has 0 aliphatic rings. The lowest BCUT2D eigenvalue weighted by Crippen LogP contribution is -2.15. The van der Waals surface area contributed by atoms with Crippen LogP contribution in [-0.2, 0) is 9.59 Å². The summed E-state index contributed by atoms with van der Waals surface area (Å²) in [4.78, 5) is 19.5. The minimum Gasteiger partial charge on any atom is -0.313 e. The maximum Gasteiger partial charge on any atom is 0.142 e. The van der Waals surface area contributed by atoms with E-state index in [9.17, 15) is 9.59 Å². The number of aldehydes is 2. The van der Waals surface area contributed by atoms with E-state index in [0.717, 1.165) is 12.6 Å². The summed E-state index contributed by atoms with van der Waals surface area (Å²) in [5.41, 5.74) is 0. The first-order chi connectivity index (χ1) is 4.91. The van der Waals surface area contributed by atoms with Crippen molar-refractivity contribution in [2.75, 3.05) is 13.1 Å². The van der Waals surface area contributed by atoms with E-state index in [1.807, 2.05) is 0 Å². The second kappa shape index (κ2) is 8.04. The summed E-state index contributed by atoms with van der Waals surface area (Å²) < 4.78 is 0. The van der Waals surface area contributed by atoms with Gasteiger partial charge in [0.25, 0.3) is 0 Å². The Morgan fingerprint density at radius 1 is 1.30 bits per heavy atom. The second-order valence-corrected chi connectivity index (χ2v) is 1.72. The van der Waals surface area contributed by atoms with Crippen LogP contribution in [0.5, 0.6) is 0 Å². The molecule has 0 aliphatic carbocycles. The highest BCUT2D eigenvalue weighted by Gasteiger charge is 1.80. The number of hydrogen-bond acceptors (Lipinski definition) is 3. The Balaban J connectivity index is 2.96. The molecular formula is C7H11NO2. The van der Waals surface area contributed by atoms with Crippen LogP contribution >= 0.6 is 0 Å². The third-order valence-electron chi connectivity index (χ3n) is 0.916. The van der Waals surface area contributed by atoms with Crippen LogP contribution in [0.4, 0.5) is 0 Å². The van der Waals surface area contributed by atoms with Gasteiger partial charge in [0.1, 0.15) is 12.6 Å². The first kappa shape index (κ1) is 9.04. The van der Waals surface area contributed by atoms with Gasteiger partial charge in [0, 0.05) is 19.5 Å². The van der Waals surface area contributed by atoms with Crippen molar-refractivity contribution >= 4 is 12.6 Å². The highest BCUT2D eigenvalue weighted by atomic mass is 16.1. The summed E-state index contributed by atoms with van der Waals surface area (Å²) in [7, 11) is 0. The molecule has 3 heteroatoms. The van der Waals surface area contributed by atoms with Gasteiger partial charge in [-0.15, -0.1) is 0 Å². The molecule has 0 unspecified atom stereocenters. The van der Waals surface area contributed by atoms with Gasteiger partial charge in [-0.3, -0.25) is 4.79 Å². The normalized spacial score (nSPS) is 10.0. The Kier molecular flexibility index (Phi) is 7.27. The van der Waals surface area contributed by atoms with Crippen molar-refractivity contribution in [1.29, 1.82) is 0 Å². The summed E-state index contributed by atoms with van der Waals surface area (Å²) in [6, 6.07) is 0. The summed E-state index contributed by atoms with van der Waals surface area (Å²) in [6.45, 7) is 1.32. The highest BCUT2D eigenvalue weighted by Crippen LogP contribution is 1.68. The molecular weight excluding hydrogens is 130 g/mol. The third kappa shape index (κ3) is 7.04. The van der Waals surface area contributed by atoms with Gasteiger partial charge in [-0.25, -0.2) is 0 Å². The molecule has 0 aliphatic heterocycles. The number of carbonyl (C=O) groups is 2. The zero-order valence-electron chi connectivity index (χ0n) is 5.75. The monoisotopic (exact) mass is 141 g/mol. The van der Waals surface area contributed by atoms with E-state index in [1.54, 1.807) is 6.08 Å². The molecule has 0 heterocycles. The summed E-state index contributed by atoms with van der Waals surface area (Å²) in [5.74, 6) is 0. The zero-order chi connectivity index (χ0) is 7.66. The van der Waals surface area contributed by atoms with Gasteiger partial charge in [0.2, 0.25) is 0 Å². The maximum absolute atomic E-state index is 9.78. The molecule has 0 amide bonds. The Bertz CT molecular complexity index is 121. The largest absolute Gasteiger partial charge is 0.313 e. The first-order valence-electron chi connectivity index (χ1n) is 3.16. The zero-order valence-corrected chi connectivity index (χ0v) is 5.75. The van der Waals surface area contributed by atoms with E-state index >= 15 is 0 Å². The molecule has 0 spiro atoms. The Hall–Kier alpha value is -0.960. The van der Waals surface area contributed by atoms with Gasteiger partial charge in [-0.05, 0) is 6.08 Å². The molecule has 0 saturated carbocycles. The smallest absolute Gasteiger partial charge is 0.142 e. The van der Waals surface area contributed by atoms with Gasteiger partial charge >= 0.3 is 0 Å². The van der Waals surface area contributed by atoms with E-state index in [2.05, 4.69) is 5.32 Å². The topological polar surface area (TPSA) is 46.2 Å². The van der Waals surface area contributed by atoms with E-state index in [1.165, 1.54) is 6.08 Å². The molecule has 10 heavy (non-hydrogen) atoms. The fourth-order valence-electron chi connectivity index (χ4n) is 0.470. The molecule has 0 radical (unpaired) electrons. The number of carbonyl (C=O) groups excluding carboxylic acids is 2. The van der Waals surface area contributed by atoms with Crippen LogP contribution in [0.15, 0.2) is 12.2 Å². The molecule has 3 nitrogen and oxygen atoms in total. The first-order valence-corrected chi connectivity index (χ1v) is 3.16. The molecule has 0 aromatic rings. The fraction of sp³-hybridized carbons (Fsp3) is 0.429. The molecule has 0 aromatic carbocycles. The standard InChI is InChI=1S/C7H11NO2/c9-6-2-1-4-8-5-3-7-10/h1-2,6-8H,3-5H2/b2-1-. The van der Waals surface area contributed by atoms with Crippen molar-refractivity contribution in [3.63, 3.8) is 0 Å². The molecule has 1 N–H and O–H groups in total. The van der Waals surface area contributed by atoms with Gasteiger partial charge in [-0.2, -0.15) is 0 Å². The Labute approximate surface area is 60.1 Å². The number of hydrogen-bond donors (Lipinski definition) is 1. The minimum absolute atomic E-state index is 0.523. The van der Waals surface area contributed by atoms with Gasteiger partial charge in [-0.1, -0.05) is 6.08 Å². The lowest BCUT2D eigenvalue weighted by atomic mass is 10.4. The molecule has 0 bridgehead atoms. The van der Waals surface area contributed by atoms with Crippen LogP contribution in [0.25, 0.3) is 0 Å². The predicted molar refractivity (Wildman–Crippen MR) is 38.8 cm³/mol. The highest BCUT2D eigenvalue weighted by molar-refractivity contribution is 5.64. The molecule has 0 rings (SSSR count). The van der Waals surface area contributed by atoms with Crippen LogP contribution < -0.4 is 5.32 Å². The third-order valence-corrected chi connectivity index (χ3v) is 0.916. The Morgan fingerprint density at radius 3 is 2.70 bits per heavy atom. The maximum atomic E-state index is 9.78. The number of nitrogens with one attached hydrogen (secondary N) is 1. The summed E-state index contributed by atoms with van der Waals surface area (Å²) in [5, 5.41) is 2.94. The van der Waals surface area contributed by atoms with Gasteiger partial charge in [0.05, 0.1) is 0 Å². The van der Waals surface area contributed by atoms with Crippen LogP contribution in [0.3, 0.4) is 0 Å². The van der Waals surface area contributed by atoms with Crippen molar-refractivity contribution in [3.8, 4) is 0 Å². The lowest BCUT2D eigenvalue weighted by molar-refractivity contribution is -0.107. The quantitative estimate of drug-likeness (QED) is 0.320. The summed E-state index contributed by atoms with van der Waals surface area (Å²) >= 11 is 0. The van der Waals surface area contributed by atoms with Gasteiger partial charge < -0.3 is 10.1 Å². The van der Waals surface area contributed by atoms with Crippen LogP contribution in [-0.4, -0.2) is 25.7 Å². The molecule has 0 aromatic heterocycles. The average molecular weight is 141 g/mol. The van der Waals surface area contributed by atoms with E-state index < -0.39 is 0 Å². The SMILES string of the molecule is O=C/C=C\CNCCC=O. The van der Waals surface area contributed by atoms with Crippen molar-refractivity contribution in [1.82, 2.24) is 5.32 Å². The average Bonchev–Trinajstić information content (AvgIpc) is 1.97. The minimum atomic E-state index is 0.523. The van der Waals surface area contributed by atoms with Crippen molar-refractivity contribution in [2.45, 2.75) is 6.42 Å². The molecule has 0 atom stereocenters. The van der Waals surface area contributed by atoms with Gasteiger partial charge in [0.15, 0.2) is 0 Å². The van der Waals surface area contributed by atoms with Crippen LogP contribution in [0, 0.1) is 0 Å². The van der Waals surface area contributed by atoms with E-state index in [4.69, 9.17) is 0 Å². The number of rotatable bonds is 6. The summed E-state index contributed by atoms with van der Waals surface area (Å²) in [6.07, 6.45) is 5.23.